The molecule has 0 spiro atoms. The van der Waals surface area contributed by atoms with Gasteiger partial charge >= 0.3 is 0 Å². The van der Waals surface area contributed by atoms with Gasteiger partial charge in [0, 0.05) is 16.5 Å². The van der Waals surface area contributed by atoms with Crippen molar-refractivity contribution in [2.75, 3.05) is 13.7 Å². The highest BCUT2D eigenvalue weighted by Gasteiger charge is 2.17. The van der Waals surface area contributed by atoms with E-state index in [1.54, 1.807) is 30.2 Å². The summed E-state index contributed by atoms with van der Waals surface area (Å²) in [6.45, 7) is 7.14. The number of rotatable bonds is 6. The first-order valence-corrected chi connectivity index (χ1v) is 8.17. The Morgan fingerprint density at radius 2 is 2.20 bits per heavy atom. The molecular formula is C14H19N3OS2. The highest BCUT2D eigenvalue weighted by Crippen LogP contribution is 2.39. The minimum Gasteiger partial charge on any atom is -0.496 e. The Kier molecular flexibility index (Phi) is 5.39. The van der Waals surface area contributed by atoms with Crippen LogP contribution in [0.3, 0.4) is 0 Å². The lowest BCUT2D eigenvalue weighted by molar-refractivity contribution is 0.400. The number of methoxy groups -OCH3 is 1. The number of nitrogens with zero attached hydrogens (tertiary/aromatic N) is 2. The molecule has 0 fully saturated rings. The van der Waals surface area contributed by atoms with E-state index in [0.29, 0.717) is 0 Å². The molecule has 2 rings (SSSR count). The molecule has 6 heteroatoms. The average molecular weight is 309 g/mol. The van der Waals surface area contributed by atoms with Crippen LogP contribution in [0.1, 0.15) is 30.5 Å². The summed E-state index contributed by atoms with van der Waals surface area (Å²) in [5.74, 6) is 0.907. The van der Waals surface area contributed by atoms with Crippen LogP contribution in [0.2, 0.25) is 0 Å². The Hall–Kier alpha value is -1.11. The maximum absolute atomic E-state index is 5.51. The first-order chi connectivity index (χ1) is 9.65. The molecule has 0 aliphatic carbocycles. The summed E-state index contributed by atoms with van der Waals surface area (Å²) < 4.78 is 6.47. The maximum Gasteiger partial charge on any atom is 0.179 e. The van der Waals surface area contributed by atoms with Crippen molar-refractivity contribution in [3.63, 3.8) is 0 Å². The van der Waals surface area contributed by atoms with Crippen molar-refractivity contribution in [2.24, 2.45) is 0 Å². The highest BCUT2D eigenvalue weighted by molar-refractivity contribution is 8.01. The molecule has 1 aromatic carbocycles. The van der Waals surface area contributed by atoms with Gasteiger partial charge in [-0.1, -0.05) is 36.1 Å². The molecule has 1 N–H and O–H groups in total. The number of benzene rings is 1. The second kappa shape index (κ2) is 7.06. The largest absolute Gasteiger partial charge is 0.496 e. The Bertz CT molecular complexity index is 571. The molecule has 0 amide bonds. The summed E-state index contributed by atoms with van der Waals surface area (Å²) >= 11 is 3.25. The van der Waals surface area contributed by atoms with Crippen molar-refractivity contribution < 1.29 is 4.74 Å². The van der Waals surface area contributed by atoms with E-state index in [1.165, 1.54) is 5.56 Å². The van der Waals surface area contributed by atoms with Gasteiger partial charge in [-0.25, -0.2) is 0 Å². The lowest BCUT2D eigenvalue weighted by Crippen LogP contribution is -2.19. The maximum atomic E-state index is 5.51. The topological polar surface area (TPSA) is 47.0 Å². The predicted molar refractivity (Wildman–Crippen MR) is 83.9 cm³/mol. The van der Waals surface area contributed by atoms with Crippen LogP contribution >= 0.6 is 23.1 Å². The molecule has 2 aromatic rings. The van der Waals surface area contributed by atoms with E-state index in [1.807, 2.05) is 19.1 Å². The first kappa shape index (κ1) is 15.3. The van der Waals surface area contributed by atoms with Crippen LogP contribution in [-0.4, -0.2) is 23.9 Å². The van der Waals surface area contributed by atoms with E-state index in [2.05, 4.69) is 35.4 Å². The second-order valence-electron chi connectivity index (χ2n) is 4.34. The van der Waals surface area contributed by atoms with Crippen LogP contribution in [0.5, 0.6) is 5.75 Å². The summed E-state index contributed by atoms with van der Waals surface area (Å²) in [6, 6.07) is 6.34. The third-order valence-electron chi connectivity index (χ3n) is 2.89. The van der Waals surface area contributed by atoms with Crippen LogP contribution in [-0.2, 0) is 0 Å². The Labute approximate surface area is 128 Å². The second-order valence-corrected chi connectivity index (χ2v) is 6.81. The number of aryl methyl sites for hydroxylation is 1. The molecule has 1 heterocycles. The molecule has 0 aliphatic heterocycles. The molecule has 4 nitrogen and oxygen atoms in total. The zero-order valence-corrected chi connectivity index (χ0v) is 13.8. The Balaban J connectivity index is 2.35. The van der Waals surface area contributed by atoms with Crippen molar-refractivity contribution in [3.05, 3.63) is 28.8 Å². The van der Waals surface area contributed by atoms with E-state index in [9.17, 15) is 0 Å². The third kappa shape index (κ3) is 3.50. The normalized spacial score (nSPS) is 12.4. The van der Waals surface area contributed by atoms with Crippen molar-refractivity contribution in [1.82, 2.24) is 15.5 Å². The lowest BCUT2D eigenvalue weighted by atomic mass is 10.1. The summed E-state index contributed by atoms with van der Waals surface area (Å²) in [7, 11) is 1.71. The van der Waals surface area contributed by atoms with Gasteiger partial charge in [0.2, 0.25) is 0 Å². The predicted octanol–water partition coefficient (Wildman–Crippen LogP) is 3.68. The SMILES string of the molecule is CCNC(C)c1c(OC)cccc1Sc1nnc(C)s1. The van der Waals surface area contributed by atoms with Gasteiger partial charge in [0.05, 0.1) is 7.11 Å². The number of aromatic nitrogens is 2. The van der Waals surface area contributed by atoms with Gasteiger partial charge in [-0.3, -0.25) is 0 Å². The van der Waals surface area contributed by atoms with E-state index in [0.717, 1.165) is 26.5 Å². The van der Waals surface area contributed by atoms with Gasteiger partial charge in [-0.05, 0) is 32.5 Å². The van der Waals surface area contributed by atoms with Crippen LogP contribution in [0.4, 0.5) is 0 Å². The molecule has 1 unspecified atom stereocenters. The molecule has 0 saturated carbocycles. The Morgan fingerprint density at radius 3 is 2.80 bits per heavy atom. The van der Waals surface area contributed by atoms with Gasteiger partial charge < -0.3 is 10.1 Å². The van der Waals surface area contributed by atoms with Crippen molar-refractivity contribution in [2.45, 2.75) is 36.0 Å². The van der Waals surface area contributed by atoms with Gasteiger partial charge in [-0.15, -0.1) is 10.2 Å². The summed E-state index contributed by atoms with van der Waals surface area (Å²) in [4.78, 5) is 1.16. The number of hydrogen-bond donors (Lipinski definition) is 1. The van der Waals surface area contributed by atoms with Crippen molar-refractivity contribution in [1.29, 1.82) is 0 Å². The monoisotopic (exact) mass is 309 g/mol. The van der Waals surface area contributed by atoms with E-state index >= 15 is 0 Å². The average Bonchev–Trinajstić information content (AvgIpc) is 2.84. The number of nitrogens with one attached hydrogen (secondary N) is 1. The molecule has 0 radical (unpaired) electrons. The molecule has 108 valence electrons. The van der Waals surface area contributed by atoms with E-state index in [-0.39, 0.29) is 6.04 Å². The fourth-order valence-electron chi connectivity index (χ4n) is 2.04. The van der Waals surface area contributed by atoms with Crippen LogP contribution < -0.4 is 10.1 Å². The third-order valence-corrected chi connectivity index (χ3v) is 4.86. The highest BCUT2D eigenvalue weighted by atomic mass is 32.2. The standard InChI is InChI=1S/C14H19N3OS2/c1-5-15-9(2)13-11(18-4)7-6-8-12(13)20-14-17-16-10(3)19-14/h6-9,15H,5H2,1-4H3. The molecule has 20 heavy (non-hydrogen) atoms. The van der Waals surface area contributed by atoms with E-state index in [4.69, 9.17) is 4.74 Å². The minimum absolute atomic E-state index is 0.229. The first-order valence-electron chi connectivity index (χ1n) is 6.54. The van der Waals surface area contributed by atoms with Gasteiger partial charge in [0.1, 0.15) is 10.8 Å². The molecular weight excluding hydrogens is 290 g/mol. The van der Waals surface area contributed by atoms with Gasteiger partial charge in [-0.2, -0.15) is 0 Å². The Morgan fingerprint density at radius 1 is 1.40 bits per heavy atom. The summed E-state index contributed by atoms with van der Waals surface area (Å²) in [5.41, 5.74) is 1.18. The fourth-order valence-corrected chi connectivity index (χ4v) is 4.06. The van der Waals surface area contributed by atoms with Gasteiger partial charge in [0.25, 0.3) is 0 Å². The summed E-state index contributed by atoms with van der Waals surface area (Å²) in [5, 5.41) is 12.7. The van der Waals surface area contributed by atoms with Crippen molar-refractivity contribution >= 4 is 23.1 Å². The quantitative estimate of drug-likeness (QED) is 0.882. The molecule has 0 bridgehead atoms. The number of ether oxygens (including phenoxy) is 1. The van der Waals surface area contributed by atoms with Crippen LogP contribution in [0.25, 0.3) is 0 Å². The van der Waals surface area contributed by atoms with Crippen molar-refractivity contribution in [3.8, 4) is 5.75 Å². The molecule has 0 aliphatic rings. The van der Waals surface area contributed by atoms with Gasteiger partial charge in [0.15, 0.2) is 4.34 Å². The zero-order chi connectivity index (χ0) is 14.5. The smallest absolute Gasteiger partial charge is 0.179 e. The fraction of sp³-hybridized carbons (Fsp3) is 0.429. The molecule has 0 saturated heterocycles. The number of hydrogen-bond acceptors (Lipinski definition) is 6. The minimum atomic E-state index is 0.229. The molecule has 1 atom stereocenters. The van der Waals surface area contributed by atoms with Crippen LogP contribution in [0, 0.1) is 6.92 Å². The molecule has 1 aromatic heterocycles. The summed E-state index contributed by atoms with van der Waals surface area (Å²) in [6.07, 6.45) is 0. The van der Waals surface area contributed by atoms with E-state index < -0.39 is 0 Å². The zero-order valence-electron chi connectivity index (χ0n) is 12.1. The van der Waals surface area contributed by atoms with Crippen LogP contribution in [0.15, 0.2) is 27.4 Å². The lowest BCUT2D eigenvalue weighted by Gasteiger charge is -2.19.